The Morgan fingerprint density at radius 2 is 2.17 bits per heavy atom. The summed E-state index contributed by atoms with van der Waals surface area (Å²) in [6.07, 6.45) is 5.15. The zero-order valence-corrected chi connectivity index (χ0v) is 10.7. The van der Waals surface area contributed by atoms with E-state index in [4.69, 9.17) is 5.73 Å². The van der Waals surface area contributed by atoms with E-state index in [1.54, 1.807) is 49.0 Å². The minimum absolute atomic E-state index is 0.00793. The van der Waals surface area contributed by atoms with Crippen LogP contribution in [-0.4, -0.2) is 52.9 Å². The van der Waals surface area contributed by atoms with Gasteiger partial charge in [-0.3, -0.25) is 4.79 Å². The fourth-order valence-electron chi connectivity index (χ4n) is 1.61. The normalized spacial score (nSPS) is 10.6. The SMILES string of the molecule is CN(C)C(=O)CN(C)c1nc(N)cn2ccnc12. The van der Waals surface area contributed by atoms with E-state index in [0.717, 1.165) is 0 Å². The van der Waals surface area contributed by atoms with Crippen LogP contribution in [-0.2, 0) is 4.79 Å². The highest BCUT2D eigenvalue weighted by atomic mass is 16.2. The van der Waals surface area contributed by atoms with Crippen molar-refractivity contribution in [3.63, 3.8) is 0 Å². The molecule has 2 heterocycles. The van der Waals surface area contributed by atoms with E-state index in [0.29, 0.717) is 17.3 Å². The number of rotatable bonds is 3. The van der Waals surface area contributed by atoms with Crippen molar-refractivity contribution in [3.05, 3.63) is 18.6 Å². The summed E-state index contributed by atoms with van der Waals surface area (Å²) in [6.45, 7) is 0.228. The number of hydrogen-bond donors (Lipinski definition) is 1. The molecule has 0 aliphatic rings. The topological polar surface area (TPSA) is 79.8 Å². The van der Waals surface area contributed by atoms with Crippen LogP contribution < -0.4 is 10.6 Å². The van der Waals surface area contributed by atoms with Crippen LogP contribution in [0.25, 0.3) is 5.65 Å². The third-order valence-electron chi connectivity index (χ3n) is 2.61. The Hall–Kier alpha value is -2.31. The second kappa shape index (κ2) is 4.52. The number of hydrogen-bond acceptors (Lipinski definition) is 5. The van der Waals surface area contributed by atoms with Gasteiger partial charge in [-0.1, -0.05) is 0 Å². The fourth-order valence-corrected chi connectivity index (χ4v) is 1.61. The highest BCUT2D eigenvalue weighted by Gasteiger charge is 2.14. The van der Waals surface area contributed by atoms with Crippen molar-refractivity contribution in [2.24, 2.45) is 0 Å². The van der Waals surface area contributed by atoms with Gasteiger partial charge in [-0.05, 0) is 0 Å². The molecule has 0 unspecified atom stereocenters. The molecule has 2 rings (SSSR count). The quantitative estimate of drug-likeness (QED) is 0.816. The number of imidazole rings is 1. The molecule has 0 aliphatic heterocycles. The highest BCUT2D eigenvalue weighted by molar-refractivity contribution is 5.82. The molecule has 0 saturated carbocycles. The number of anilines is 2. The van der Waals surface area contributed by atoms with Crippen molar-refractivity contribution in [2.75, 3.05) is 38.3 Å². The number of likely N-dealkylation sites (N-methyl/N-ethyl adjacent to an activating group) is 2. The highest BCUT2D eigenvalue weighted by Crippen LogP contribution is 2.17. The Bertz CT molecular complexity index is 576. The second-order valence-corrected chi connectivity index (χ2v) is 4.29. The predicted molar refractivity (Wildman–Crippen MR) is 69.4 cm³/mol. The summed E-state index contributed by atoms with van der Waals surface area (Å²) >= 11 is 0. The molecule has 7 nitrogen and oxygen atoms in total. The zero-order chi connectivity index (χ0) is 13.3. The van der Waals surface area contributed by atoms with E-state index < -0.39 is 0 Å². The first-order valence-corrected chi connectivity index (χ1v) is 5.49. The molecule has 0 atom stereocenters. The lowest BCUT2D eigenvalue weighted by molar-refractivity contribution is -0.127. The molecule has 2 aromatic rings. The monoisotopic (exact) mass is 248 g/mol. The van der Waals surface area contributed by atoms with Crippen molar-refractivity contribution in [1.82, 2.24) is 19.3 Å². The lowest BCUT2D eigenvalue weighted by atomic mass is 10.4. The molecular formula is C11H16N6O. The van der Waals surface area contributed by atoms with E-state index in [9.17, 15) is 4.79 Å². The second-order valence-electron chi connectivity index (χ2n) is 4.29. The average molecular weight is 248 g/mol. The van der Waals surface area contributed by atoms with Gasteiger partial charge in [0.25, 0.3) is 0 Å². The summed E-state index contributed by atoms with van der Waals surface area (Å²) < 4.78 is 1.79. The van der Waals surface area contributed by atoms with Gasteiger partial charge in [-0.25, -0.2) is 9.97 Å². The summed E-state index contributed by atoms with van der Waals surface area (Å²) in [6, 6.07) is 0. The van der Waals surface area contributed by atoms with Gasteiger partial charge in [0.2, 0.25) is 5.91 Å². The third kappa shape index (κ3) is 2.20. The maximum absolute atomic E-state index is 11.7. The molecule has 96 valence electrons. The van der Waals surface area contributed by atoms with Crippen molar-refractivity contribution in [2.45, 2.75) is 0 Å². The molecule has 0 spiro atoms. The van der Waals surface area contributed by atoms with Gasteiger partial charge >= 0.3 is 0 Å². The lowest BCUT2D eigenvalue weighted by Crippen LogP contribution is -2.35. The Labute approximate surface area is 105 Å². The lowest BCUT2D eigenvalue weighted by Gasteiger charge is -2.20. The number of nitrogens with two attached hydrogens (primary N) is 1. The zero-order valence-electron chi connectivity index (χ0n) is 10.7. The van der Waals surface area contributed by atoms with E-state index in [-0.39, 0.29) is 12.5 Å². The number of nitrogens with zero attached hydrogens (tertiary/aromatic N) is 5. The molecule has 7 heteroatoms. The van der Waals surface area contributed by atoms with Crippen LogP contribution in [0.1, 0.15) is 0 Å². The Balaban J connectivity index is 2.35. The van der Waals surface area contributed by atoms with Crippen molar-refractivity contribution in [3.8, 4) is 0 Å². The van der Waals surface area contributed by atoms with Crippen LogP contribution >= 0.6 is 0 Å². The Kier molecular flexibility index (Phi) is 3.05. The minimum Gasteiger partial charge on any atom is -0.382 e. The van der Waals surface area contributed by atoms with Crippen LogP contribution in [0.15, 0.2) is 18.6 Å². The van der Waals surface area contributed by atoms with Gasteiger partial charge < -0.3 is 19.9 Å². The van der Waals surface area contributed by atoms with Crippen LogP contribution in [0.4, 0.5) is 11.6 Å². The molecule has 0 saturated heterocycles. The van der Waals surface area contributed by atoms with Crippen LogP contribution in [0.3, 0.4) is 0 Å². The third-order valence-corrected chi connectivity index (χ3v) is 2.61. The number of carbonyl (C=O) groups is 1. The molecule has 0 radical (unpaired) electrons. The molecule has 2 N–H and O–H groups in total. The van der Waals surface area contributed by atoms with Crippen molar-refractivity contribution < 1.29 is 4.79 Å². The first kappa shape index (κ1) is 12.2. The van der Waals surface area contributed by atoms with Crippen LogP contribution in [0, 0.1) is 0 Å². The number of aromatic nitrogens is 3. The first-order chi connectivity index (χ1) is 8.49. The van der Waals surface area contributed by atoms with E-state index in [1.807, 2.05) is 0 Å². The van der Waals surface area contributed by atoms with Crippen molar-refractivity contribution >= 4 is 23.2 Å². The van der Waals surface area contributed by atoms with Gasteiger partial charge in [0.05, 0.1) is 12.7 Å². The van der Waals surface area contributed by atoms with Gasteiger partial charge in [-0.15, -0.1) is 0 Å². The molecule has 0 bridgehead atoms. The molecule has 0 aromatic carbocycles. The van der Waals surface area contributed by atoms with Gasteiger partial charge in [0.15, 0.2) is 11.5 Å². The average Bonchev–Trinajstić information content (AvgIpc) is 2.75. The fraction of sp³-hybridized carbons (Fsp3) is 0.364. The maximum Gasteiger partial charge on any atom is 0.241 e. The number of amides is 1. The van der Waals surface area contributed by atoms with E-state index >= 15 is 0 Å². The predicted octanol–water partition coefficient (Wildman–Crippen LogP) is -0.164. The van der Waals surface area contributed by atoms with E-state index in [1.165, 1.54) is 4.90 Å². The van der Waals surface area contributed by atoms with Crippen LogP contribution in [0.5, 0.6) is 0 Å². The molecule has 0 fully saturated rings. The minimum atomic E-state index is -0.00793. The summed E-state index contributed by atoms with van der Waals surface area (Å²) in [5.41, 5.74) is 6.41. The summed E-state index contributed by atoms with van der Waals surface area (Å²) in [5, 5.41) is 0. The van der Waals surface area contributed by atoms with Gasteiger partial charge in [0, 0.05) is 33.5 Å². The summed E-state index contributed by atoms with van der Waals surface area (Å²) in [5.74, 6) is 0.973. The summed E-state index contributed by atoms with van der Waals surface area (Å²) in [4.78, 5) is 23.4. The number of fused-ring (bicyclic) bond motifs is 1. The summed E-state index contributed by atoms with van der Waals surface area (Å²) in [7, 11) is 5.22. The smallest absolute Gasteiger partial charge is 0.241 e. The Morgan fingerprint density at radius 3 is 2.83 bits per heavy atom. The standard InChI is InChI=1S/C11H16N6O/c1-15(2)9(18)7-16(3)11-10-13-4-5-17(10)6-8(12)14-11/h4-6H,7,12H2,1-3H3. The number of nitrogen functional groups attached to an aromatic ring is 1. The van der Waals surface area contributed by atoms with Crippen molar-refractivity contribution in [1.29, 1.82) is 0 Å². The molecule has 2 aromatic heterocycles. The Morgan fingerprint density at radius 1 is 1.44 bits per heavy atom. The van der Waals surface area contributed by atoms with Gasteiger partial charge in [-0.2, -0.15) is 0 Å². The molecular weight excluding hydrogens is 232 g/mol. The van der Waals surface area contributed by atoms with Gasteiger partial charge in [0.1, 0.15) is 5.82 Å². The molecule has 1 amide bonds. The maximum atomic E-state index is 11.7. The molecule has 0 aliphatic carbocycles. The first-order valence-electron chi connectivity index (χ1n) is 5.49. The van der Waals surface area contributed by atoms with E-state index in [2.05, 4.69) is 9.97 Å². The largest absolute Gasteiger partial charge is 0.382 e. The molecule has 18 heavy (non-hydrogen) atoms. The number of carbonyl (C=O) groups excluding carboxylic acids is 1. The van der Waals surface area contributed by atoms with Crippen LogP contribution in [0.2, 0.25) is 0 Å².